The summed E-state index contributed by atoms with van der Waals surface area (Å²) in [5, 5.41) is 2.88. The molecule has 0 spiro atoms. The molecule has 1 saturated heterocycles. The summed E-state index contributed by atoms with van der Waals surface area (Å²) < 4.78 is 0. The summed E-state index contributed by atoms with van der Waals surface area (Å²) in [5.74, 6) is -0.00584. The lowest BCUT2D eigenvalue weighted by molar-refractivity contribution is -0.155. The Morgan fingerprint density at radius 3 is 2.16 bits per heavy atom. The number of hydrogen-bond acceptors (Lipinski definition) is 2. The van der Waals surface area contributed by atoms with Crippen molar-refractivity contribution in [1.29, 1.82) is 0 Å². The van der Waals surface area contributed by atoms with Crippen molar-refractivity contribution in [3.63, 3.8) is 0 Å². The van der Waals surface area contributed by atoms with E-state index in [4.69, 9.17) is 0 Å². The van der Waals surface area contributed by atoms with Gasteiger partial charge in [0.25, 0.3) is 0 Å². The molecule has 2 amide bonds. The molecule has 0 bridgehead atoms. The van der Waals surface area contributed by atoms with E-state index in [9.17, 15) is 9.59 Å². The summed E-state index contributed by atoms with van der Waals surface area (Å²) in [4.78, 5) is 26.7. The third-order valence-corrected chi connectivity index (χ3v) is 3.63. The van der Waals surface area contributed by atoms with Crippen molar-refractivity contribution in [3.8, 4) is 0 Å². The molecule has 0 aromatic rings. The number of hydrogen-bond donors (Lipinski definition) is 1. The summed E-state index contributed by atoms with van der Waals surface area (Å²) >= 11 is 0. The molecule has 1 fully saturated rings. The van der Waals surface area contributed by atoms with Crippen LogP contribution in [0.15, 0.2) is 12.7 Å². The topological polar surface area (TPSA) is 49.4 Å². The van der Waals surface area contributed by atoms with Crippen molar-refractivity contribution in [1.82, 2.24) is 10.2 Å². The summed E-state index contributed by atoms with van der Waals surface area (Å²) in [6.07, 6.45) is 1.71. The van der Waals surface area contributed by atoms with Gasteiger partial charge in [-0.2, -0.15) is 0 Å². The van der Waals surface area contributed by atoms with Crippen LogP contribution in [-0.4, -0.2) is 34.8 Å². The summed E-state index contributed by atoms with van der Waals surface area (Å²) in [5.41, 5.74) is -0.298. The number of amides is 2. The van der Waals surface area contributed by atoms with Crippen molar-refractivity contribution in [2.75, 3.05) is 0 Å². The lowest BCUT2D eigenvalue weighted by Crippen LogP contribution is -2.69. The van der Waals surface area contributed by atoms with Gasteiger partial charge < -0.3 is 10.2 Å². The van der Waals surface area contributed by atoms with Gasteiger partial charge in [-0.1, -0.05) is 40.7 Å². The first-order valence-corrected chi connectivity index (χ1v) is 6.86. The number of rotatable bonds is 3. The van der Waals surface area contributed by atoms with E-state index in [0.29, 0.717) is 0 Å². The van der Waals surface area contributed by atoms with Crippen molar-refractivity contribution in [2.24, 2.45) is 11.3 Å². The third kappa shape index (κ3) is 2.99. The Bertz CT molecular complexity index is 382. The van der Waals surface area contributed by atoms with Crippen LogP contribution >= 0.6 is 0 Å². The minimum atomic E-state index is -0.475. The van der Waals surface area contributed by atoms with Gasteiger partial charge in [-0.3, -0.25) is 9.59 Å². The van der Waals surface area contributed by atoms with Gasteiger partial charge in [-0.15, -0.1) is 6.58 Å². The van der Waals surface area contributed by atoms with Gasteiger partial charge in [-0.05, 0) is 18.3 Å². The van der Waals surface area contributed by atoms with Crippen LogP contribution in [0.2, 0.25) is 0 Å². The Hall–Kier alpha value is -1.32. The fourth-order valence-corrected chi connectivity index (χ4v) is 2.48. The van der Waals surface area contributed by atoms with Crippen LogP contribution in [0, 0.1) is 11.3 Å². The predicted octanol–water partition coefficient (Wildman–Crippen LogP) is 1.96. The quantitative estimate of drug-likeness (QED) is 0.794. The van der Waals surface area contributed by atoms with Crippen molar-refractivity contribution < 1.29 is 9.59 Å². The Morgan fingerprint density at radius 2 is 1.79 bits per heavy atom. The van der Waals surface area contributed by atoms with E-state index in [-0.39, 0.29) is 29.2 Å². The summed E-state index contributed by atoms with van der Waals surface area (Å²) in [7, 11) is 0. The van der Waals surface area contributed by atoms with Crippen LogP contribution in [0.4, 0.5) is 0 Å². The smallest absolute Gasteiger partial charge is 0.246 e. The van der Waals surface area contributed by atoms with Crippen LogP contribution in [0.25, 0.3) is 0 Å². The zero-order valence-corrected chi connectivity index (χ0v) is 12.9. The van der Waals surface area contributed by atoms with Crippen molar-refractivity contribution in [3.05, 3.63) is 12.7 Å². The molecule has 4 heteroatoms. The van der Waals surface area contributed by atoms with E-state index in [2.05, 4.69) is 11.9 Å². The molecular formula is C15H26N2O2. The molecule has 3 unspecified atom stereocenters. The fraction of sp³-hybridized carbons (Fsp3) is 0.733. The van der Waals surface area contributed by atoms with Crippen molar-refractivity contribution in [2.45, 2.75) is 59.7 Å². The first kappa shape index (κ1) is 15.7. The first-order chi connectivity index (χ1) is 8.61. The normalized spacial score (nSPS) is 26.4. The lowest BCUT2D eigenvalue weighted by atomic mass is 9.82. The van der Waals surface area contributed by atoms with Gasteiger partial charge in [0.15, 0.2) is 0 Å². The number of piperazine rings is 1. The van der Waals surface area contributed by atoms with E-state index >= 15 is 0 Å². The highest BCUT2D eigenvalue weighted by Crippen LogP contribution is 2.28. The van der Waals surface area contributed by atoms with E-state index in [0.717, 1.165) is 0 Å². The molecule has 108 valence electrons. The predicted molar refractivity (Wildman–Crippen MR) is 76.5 cm³/mol. The zero-order valence-electron chi connectivity index (χ0n) is 12.9. The Morgan fingerprint density at radius 1 is 1.26 bits per heavy atom. The minimum Gasteiger partial charge on any atom is -0.342 e. The Balaban J connectivity index is 3.20. The third-order valence-electron chi connectivity index (χ3n) is 3.63. The number of nitrogens with zero attached hydrogens (tertiary/aromatic N) is 1. The minimum absolute atomic E-state index is 0.0156. The molecular weight excluding hydrogens is 240 g/mol. The van der Waals surface area contributed by atoms with Gasteiger partial charge in [0, 0.05) is 6.04 Å². The summed E-state index contributed by atoms with van der Waals surface area (Å²) in [6, 6.07) is -1.03. The highest BCUT2D eigenvalue weighted by molar-refractivity contribution is 5.97. The van der Waals surface area contributed by atoms with Gasteiger partial charge in [0.05, 0.1) is 0 Å². The second-order valence-electron chi connectivity index (χ2n) is 6.72. The van der Waals surface area contributed by atoms with Gasteiger partial charge in [0.1, 0.15) is 12.1 Å². The second kappa shape index (κ2) is 5.35. The van der Waals surface area contributed by atoms with Crippen LogP contribution in [-0.2, 0) is 9.59 Å². The Kier molecular flexibility index (Phi) is 4.43. The van der Waals surface area contributed by atoms with Crippen LogP contribution in [0.5, 0.6) is 0 Å². The molecule has 0 aliphatic carbocycles. The van der Waals surface area contributed by atoms with Crippen LogP contribution in [0.1, 0.15) is 41.5 Å². The maximum atomic E-state index is 12.7. The van der Waals surface area contributed by atoms with Crippen molar-refractivity contribution >= 4 is 11.8 Å². The van der Waals surface area contributed by atoms with Crippen LogP contribution in [0.3, 0.4) is 0 Å². The molecule has 3 atom stereocenters. The molecule has 1 heterocycles. The molecule has 0 aromatic carbocycles. The number of carbonyl (C=O) groups excluding carboxylic acids is 2. The summed E-state index contributed by atoms with van der Waals surface area (Å²) in [6.45, 7) is 15.4. The van der Waals surface area contributed by atoms with E-state index in [1.807, 2.05) is 41.5 Å². The Labute approximate surface area is 116 Å². The molecule has 1 aliphatic rings. The lowest BCUT2D eigenvalue weighted by Gasteiger charge is -2.46. The molecule has 0 aromatic heterocycles. The number of carbonyl (C=O) groups is 2. The van der Waals surface area contributed by atoms with Gasteiger partial charge in [-0.25, -0.2) is 0 Å². The zero-order chi connectivity index (χ0) is 15.0. The van der Waals surface area contributed by atoms with E-state index in [1.54, 1.807) is 11.0 Å². The average Bonchev–Trinajstić information content (AvgIpc) is 2.28. The van der Waals surface area contributed by atoms with Crippen LogP contribution < -0.4 is 5.32 Å². The molecule has 19 heavy (non-hydrogen) atoms. The molecule has 4 nitrogen and oxygen atoms in total. The molecule has 0 radical (unpaired) electrons. The molecule has 1 rings (SSSR count). The standard InChI is InChI=1S/C15H26N2O2/c1-8-10(4)17-11(9(2)3)13(18)16-12(14(17)19)15(5,6)7/h8-12H,1H2,2-7H3,(H,16,18). The number of nitrogens with one attached hydrogen (secondary N) is 1. The van der Waals surface area contributed by atoms with Gasteiger partial charge >= 0.3 is 0 Å². The molecule has 1 aliphatic heterocycles. The SMILES string of the molecule is C=CC(C)N1C(=O)C(C(C)(C)C)NC(=O)C1C(C)C. The van der Waals surface area contributed by atoms with Gasteiger partial charge in [0.2, 0.25) is 11.8 Å². The molecule has 1 N–H and O–H groups in total. The monoisotopic (exact) mass is 266 g/mol. The fourth-order valence-electron chi connectivity index (χ4n) is 2.48. The van der Waals surface area contributed by atoms with E-state index < -0.39 is 12.1 Å². The maximum Gasteiger partial charge on any atom is 0.246 e. The van der Waals surface area contributed by atoms with E-state index in [1.165, 1.54) is 0 Å². The largest absolute Gasteiger partial charge is 0.342 e. The second-order valence-corrected chi connectivity index (χ2v) is 6.72. The highest BCUT2D eigenvalue weighted by atomic mass is 16.2. The molecule has 0 saturated carbocycles. The first-order valence-electron chi connectivity index (χ1n) is 6.86. The average molecular weight is 266 g/mol. The maximum absolute atomic E-state index is 12.7. The highest BCUT2D eigenvalue weighted by Gasteiger charge is 2.47.